The zero-order valence-electron chi connectivity index (χ0n) is 17.6. The van der Waals surface area contributed by atoms with Crippen LogP contribution >= 0.6 is 0 Å². The quantitative estimate of drug-likeness (QED) is 0.757. The lowest BCUT2D eigenvalue weighted by molar-refractivity contribution is 0.0647. The Hall–Kier alpha value is -2.72. The molecule has 3 atom stereocenters. The smallest absolute Gasteiger partial charge is 0.169 e. The molecule has 4 aliphatic rings. The van der Waals surface area contributed by atoms with E-state index in [1.165, 1.54) is 22.3 Å². The van der Waals surface area contributed by atoms with Gasteiger partial charge in [0.25, 0.3) is 0 Å². The number of methoxy groups -OCH3 is 2. The van der Waals surface area contributed by atoms with Gasteiger partial charge in [-0.1, -0.05) is 42.5 Å². The molecule has 2 heterocycles. The van der Waals surface area contributed by atoms with Crippen LogP contribution in [0.4, 0.5) is 0 Å². The molecule has 2 bridgehead atoms. The van der Waals surface area contributed by atoms with Gasteiger partial charge in [-0.2, -0.15) is 0 Å². The highest BCUT2D eigenvalue weighted by Gasteiger charge is 2.62. The minimum Gasteiger partial charge on any atom is -0.497 e. The van der Waals surface area contributed by atoms with E-state index in [1.54, 1.807) is 14.2 Å². The number of nitrogens with zero attached hydrogens (tertiary/aromatic N) is 1. The van der Waals surface area contributed by atoms with Gasteiger partial charge in [0, 0.05) is 24.7 Å². The zero-order valence-corrected chi connectivity index (χ0v) is 17.6. The van der Waals surface area contributed by atoms with E-state index in [4.69, 9.17) is 14.2 Å². The number of allylic oxidation sites excluding steroid dienone is 2. The van der Waals surface area contributed by atoms with Crippen molar-refractivity contribution in [2.75, 3.05) is 27.3 Å². The Labute approximate surface area is 177 Å². The van der Waals surface area contributed by atoms with E-state index < -0.39 is 0 Å². The molecular weight excluding hydrogens is 374 g/mol. The second-order valence-corrected chi connectivity index (χ2v) is 8.74. The summed E-state index contributed by atoms with van der Waals surface area (Å²) < 4.78 is 18.0. The van der Waals surface area contributed by atoms with Crippen molar-refractivity contribution in [3.63, 3.8) is 0 Å². The minimum absolute atomic E-state index is 0.0911. The molecule has 0 radical (unpaired) electrons. The Morgan fingerprint density at radius 1 is 1.07 bits per heavy atom. The lowest BCUT2D eigenvalue weighted by atomic mass is 9.57. The molecule has 0 aromatic heterocycles. The van der Waals surface area contributed by atoms with Crippen LogP contribution in [0.5, 0.6) is 11.5 Å². The monoisotopic (exact) mass is 401 g/mol. The van der Waals surface area contributed by atoms with Crippen molar-refractivity contribution in [2.24, 2.45) is 0 Å². The van der Waals surface area contributed by atoms with E-state index in [2.05, 4.69) is 59.5 Å². The van der Waals surface area contributed by atoms with Crippen LogP contribution in [0.2, 0.25) is 0 Å². The van der Waals surface area contributed by atoms with Gasteiger partial charge in [-0.05, 0) is 48.1 Å². The molecule has 0 saturated carbocycles. The van der Waals surface area contributed by atoms with Gasteiger partial charge < -0.3 is 14.2 Å². The van der Waals surface area contributed by atoms with Crippen LogP contribution in [0.15, 0.2) is 65.9 Å². The first-order valence-corrected chi connectivity index (χ1v) is 10.9. The summed E-state index contributed by atoms with van der Waals surface area (Å²) in [7, 11) is 3.48. The normalized spacial score (nSPS) is 28.2. The summed E-state index contributed by atoms with van der Waals surface area (Å²) in [5, 5.41) is 0. The third kappa shape index (κ3) is 2.31. The fourth-order valence-electron chi connectivity index (χ4n) is 6.18. The SMILES string of the molecule is COC1=CC=C2[C@H]3Cc4ccc(OC)c5c4[C@@]2(CCN3CCc2ccccc2)[C@H]1O5. The lowest BCUT2D eigenvalue weighted by Crippen LogP contribution is -2.59. The Morgan fingerprint density at radius 2 is 1.93 bits per heavy atom. The summed E-state index contributed by atoms with van der Waals surface area (Å²) in [6, 6.07) is 15.5. The van der Waals surface area contributed by atoms with Crippen molar-refractivity contribution < 1.29 is 14.2 Å². The van der Waals surface area contributed by atoms with E-state index in [0.717, 1.165) is 49.6 Å². The van der Waals surface area contributed by atoms with Crippen LogP contribution in [0.3, 0.4) is 0 Å². The van der Waals surface area contributed by atoms with Gasteiger partial charge in [-0.3, -0.25) is 4.90 Å². The van der Waals surface area contributed by atoms with Crippen LogP contribution in [0, 0.1) is 0 Å². The molecule has 0 unspecified atom stereocenters. The highest BCUT2D eigenvalue weighted by molar-refractivity contribution is 5.67. The largest absolute Gasteiger partial charge is 0.497 e. The number of piperidine rings is 1. The minimum atomic E-state index is -0.120. The zero-order chi connectivity index (χ0) is 20.3. The summed E-state index contributed by atoms with van der Waals surface area (Å²) >= 11 is 0. The van der Waals surface area contributed by atoms with Crippen molar-refractivity contribution in [3.05, 3.63) is 82.6 Å². The van der Waals surface area contributed by atoms with Crippen LogP contribution in [0.25, 0.3) is 0 Å². The highest BCUT2D eigenvalue weighted by Crippen LogP contribution is 2.62. The van der Waals surface area contributed by atoms with Gasteiger partial charge in [-0.25, -0.2) is 0 Å². The average Bonchev–Trinajstić information content (AvgIpc) is 3.13. The summed E-state index contributed by atoms with van der Waals surface area (Å²) in [6.07, 6.45) is 7.50. The topological polar surface area (TPSA) is 30.9 Å². The fourth-order valence-corrected chi connectivity index (χ4v) is 6.18. The van der Waals surface area contributed by atoms with Crippen molar-refractivity contribution in [1.82, 2.24) is 4.90 Å². The molecule has 1 fully saturated rings. The molecule has 6 rings (SSSR count). The molecule has 154 valence electrons. The van der Waals surface area contributed by atoms with Crippen molar-refractivity contribution >= 4 is 0 Å². The number of hydrogen-bond acceptors (Lipinski definition) is 4. The van der Waals surface area contributed by atoms with Crippen LogP contribution < -0.4 is 9.47 Å². The van der Waals surface area contributed by atoms with Crippen LogP contribution in [-0.4, -0.2) is 44.4 Å². The van der Waals surface area contributed by atoms with E-state index in [1.807, 2.05) is 0 Å². The molecule has 0 amide bonds. The van der Waals surface area contributed by atoms with Crippen molar-refractivity contribution in [3.8, 4) is 11.5 Å². The van der Waals surface area contributed by atoms with Gasteiger partial charge >= 0.3 is 0 Å². The molecule has 0 N–H and O–H groups in total. The predicted octanol–water partition coefficient (Wildman–Crippen LogP) is 4.04. The average molecular weight is 402 g/mol. The number of rotatable bonds is 5. The molecule has 2 aromatic rings. The van der Waals surface area contributed by atoms with E-state index in [-0.39, 0.29) is 11.5 Å². The Kier molecular flexibility index (Phi) is 4.00. The molecule has 4 nitrogen and oxygen atoms in total. The van der Waals surface area contributed by atoms with Gasteiger partial charge in [0.2, 0.25) is 0 Å². The first-order valence-electron chi connectivity index (χ1n) is 10.9. The lowest BCUT2D eigenvalue weighted by Gasteiger charge is -2.53. The fraction of sp³-hybridized carbons (Fsp3) is 0.385. The van der Waals surface area contributed by atoms with Gasteiger partial charge in [-0.15, -0.1) is 0 Å². The Balaban J connectivity index is 1.43. The molecule has 30 heavy (non-hydrogen) atoms. The number of hydrogen-bond donors (Lipinski definition) is 0. The van der Waals surface area contributed by atoms with Crippen LogP contribution in [-0.2, 0) is 23.0 Å². The molecule has 2 aliphatic carbocycles. The first kappa shape index (κ1) is 18.1. The Morgan fingerprint density at radius 3 is 2.73 bits per heavy atom. The molecular formula is C26H27NO3. The summed E-state index contributed by atoms with van der Waals surface area (Å²) in [4.78, 5) is 2.68. The van der Waals surface area contributed by atoms with Gasteiger partial charge in [0.05, 0.1) is 19.6 Å². The van der Waals surface area contributed by atoms with E-state index in [9.17, 15) is 0 Å². The third-order valence-electron chi connectivity index (χ3n) is 7.53. The highest BCUT2D eigenvalue weighted by atomic mass is 16.6. The molecule has 1 saturated heterocycles. The number of likely N-dealkylation sites (tertiary alicyclic amines) is 1. The second-order valence-electron chi connectivity index (χ2n) is 8.74. The molecule has 4 heteroatoms. The number of benzene rings is 2. The van der Waals surface area contributed by atoms with Gasteiger partial charge in [0.1, 0.15) is 5.76 Å². The summed E-state index contributed by atoms with van der Waals surface area (Å²) in [6.45, 7) is 2.15. The molecule has 1 spiro atoms. The Bertz CT molecular complexity index is 1060. The molecule has 2 aliphatic heterocycles. The summed E-state index contributed by atoms with van der Waals surface area (Å²) in [5.41, 5.74) is 5.53. The van der Waals surface area contributed by atoms with Gasteiger partial charge in [0.15, 0.2) is 17.6 Å². The standard InChI is InChI=1S/C26H27NO3/c1-28-21-10-8-18-16-20-19-9-11-22(29-2)25-26(19,23(18)24(21)30-25)13-15-27(20)14-12-17-6-4-3-5-7-17/h3-11,20,25H,12-16H2,1-2H3/t20-,25+,26+/m1/s1. The van der Waals surface area contributed by atoms with E-state index >= 15 is 0 Å². The maximum atomic E-state index is 6.59. The number of ether oxygens (including phenoxy) is 3. The molecule has 2 aromatic carbocycles. The maximum Gasteiger partial charge on any atom is 0.169 e. The third-order valence-corrected chi connectivity index (χ3v) is 7.53. The van der Waals surface area contributed by atoms with Crippen molar-refractivity contribution in [2.45, 2.75) is 36.8 Å². The predicted molar refractivity (Wildman–Crippen MR) is 116 cm³/mol. The summed E-state index contributed by atoms with van der Waals surface area (Å²) in [5.74, 6) is 2.67. The van der Waals surface area contributed by atoms with E-state index in [0.29, 0.717) is 6.04 Å². The van der Waals surface area contributed by atoms with Crippen molar-refractivity contribution in [1.29, 1.82) is 0 Å². The van der Waals surface area contributed by atoms with Crippen LogP contribution in [0.1, 0.15) is 23.1 Å². The first-order chi connectivity index (χ1) is 14.8. The maximum absolute atomic E-state index is 6.59. The second kappa shape index (κ2) is 6.64.